The van der Waals surface area contributed by atoms with E-state index in [0.29, 0.717) is 6.04 Å². The van der Waals surface area contributed by atoms with Crippen molar-refractivity contribution in [3.63, 3.8) is 0 Å². The van der Waals surface area contributed by atoms with Gasteiger partial charge >= 0.3 is 0 Å². The summed E-state index contributed by atoms with van der Waals surface area (Å²) < 4.78 is 2.00. The normalized spacial score (nSPS) is 12.5. The van der Waals surface area contributed by atoms with Crippen molar-refractivity contribution in [3.8, 4) is 0 Å². The minimum atomic E-state index is 0. The highest BCUT2D eigenvalue weighted by Crippen LogP contribution is 2.07. The first-order valence-electron chi connectivity index (χ1n) is 9.70. The first kappa shape index (κ1) is 24.4. The topological polar surface area (TPSA) is 70.4 Å². The molecule has 1 atom stereocenters. The van der Waals surface area contributed by atoms with Gasteiger partial charge in [-0.3, -0.25) is 9.89 Å². The Morgan fingerprint density at radius 2 is 1.79 bits per heavy atom. The van der Waals surface area contributed by atoms with Gasteiger partial charge in [0.05, 0.1) is 0 Å². The van der Waals surface area contributed by atoms with E-state index < -0.39 is 0 Å². The van der Waals surface area contributed by atoms with E-state index in [4.69, 9.17) is 0 Å². The molecule has 0 saturated heterocycles. The molecule has 0 amide bonds. The zero-order chi connectivity index (χ0) is 19.3. The largest absolute Gasteiger partial charge is 0.356 e. The van der Waals surface area contributed by atoms with Crippen molar-refractivity contribution in [2.75, 3.05) is 27.2 Å². The van der Waals surface area contributed by atoms with E-state index in [1.54, 1.807) is 12.7 Å². The molecule has 2 aromatic rings. The monoisotopic (exact) mass is 499 g/mol. The number of hydrogen-bond acceptors (Lipinski definition) is 4. The fraction of sp³-hybridized carbons (Fsp3) is 0.550. The highest BCUT2D eigenvalue weighted by molar-refractivity contribution is 14.0. The summed E-state index contributed by atoms with van der Waals surface area (Å²) in [7, 11) is 4.00. The standard InChI is InChI=1S/C20H33N7.HI/c1-18(26(3)15-19-9-5-4-6-10-19)11-13-23-20(21-2)22-12-7-8-14-27-16-24-25-17-27;/h4-6,9-10,16-18H,7-8,11-15H2,1-3H3,(H2,21,22,23);1H. The third kappa shape index (κ3) is 9.50. The van der Waals surface area contributed by atoms with Gasteiger partial charge in [-0.05, 0) is 38.8 Å². The van der Waals surface area contributed by atoms with Gasteiger partial charge in [-0.25, -0.2) is 0 Å². The van der Waals surface area contributed by atoms with Crippen LogP contribution in [-0.2, 0) is 13.1 Å². The lowest BCUT2D eigenvalue weighted by atomic mass is 10.1. The summed E-state index contributed by atoms with van der Waals surface area (Å²) in [6.07, 6.45) is 6.74. The Morgan fingerprint density at radius 1 is 1.11 bits per heavy atom. The van der Waals surface area contributed by atoms with Crippen molar-refractivity contribution in [1.82, 2.24) is 30.3 Å². The second-order valence-electron chi connectivity index (χ2n) is 6.87. The first-order valence-corrected chi connectivity index (χ1v) is 9.70. The van der Waals surface area contributed by atoms with Crippen molar-refractivity contribution < 1.29 is 0 Å². The summed E-state index contributed by atoms with van der Waals surface area (Å²) in [5.41, 5.74) is 1.35. The summed E-state index contributed by atoms with van der Waals surface area (Å²) in [6, 6.07) is 11.1. The number of halogens is 1. The molecule has 1 aromatic carbocycles. The summed E-state index contributed by atoms with van der Waals surface area (Å²) in [5.74, 6) is 0.872. The summed E-state index contributed by atoms with van der Waals surface area (Å²) in [4.78, 5) is 6.69. The van der Waals surface area contributed by atoms with Gasteiger partial charge in [0.15, 0.2) is 5.96 Å². The Labute approximate surface area is 186 Å². The molecule has 7 nitrogen and oxygen atoms in total. The maximum absolute atomic E-state index is 4.30. The molecule has 0 aliphatic carbocycles. The van der Waals surface area contributed by atoms with E-state index in [-0.39, 0.29) is 24.0 Å². The van der Waals surface area contributed by atoms with Crippen LogP contribution in [0.5, 0.6) is 0 Å². The Bertz CT molecular complexity index is 646. The molecule has 1 heterocycles. The minimum Gasteiger partial charge on any atom is -0.356 e. The number of nitrogens with zero attached hydrogens (tertiary/aromatic N) is 5. The molecular weight excluding hydrogens is 465 g/mol. The zero-order valence-corrected chi connectivity index (χ0v) is 19.5. The molecule has 0 radical (unpaired) electrons. The van der Waals surface area contributed by atoms with Crippen LogP contribution in [0.4, 0.5) is 0 Å². The number of guanidine groups is 1. The van der Waals surface area contributed by atoms with Crippen molar-refractivity contribution in [2.24, 2.45) is 4.99 Å². The molecule has 1 unspecified atom stereocenters. The van der Waals surface area contributed by atoms with E-state index >= 15 is 0 Å². The van der Waals surface area contributed by atoms with Crippen molar-refractivity contribution >= 4 is 29.9 Å². The molecule has 28 heavy (non-hydrogen) atoms. The SMILES string of the molecule is CN=C(NCCCCn1cnnc1)NCCC(C)N(C)Cc1ccccc1.I. The van der Waals surface area contributed by atoms with Gasteiger partial charge in [0.2, 0.25) is 0 Å². The van der Waals surface area contributed by atoms with Crippen LogP contribution in [0.25, 0.3) is 0 Å². The summed E-state index contributed by atoms with van der Waals surface area (Å²) in [5, 5.41) is 14.4. The number of hydrogen-bond donors (Lipinski definition) is 2. The maximum atomic E-state index is 4.30. The highest BCUT2D eigenvalue weighted by Gasteiger charge is 2.09. The number of benzene rings is 1. The predicted octanol–water partition coefficient (Wildman–Crippen LogP) is 2.75. The van der Waals surface area contributed by atoms with E-state index in [0.717, 1.165) is 51.4 Å². The Morgan fingerprint density at radius 3 is 2.46 bits per heavy atom. The van der Waals surface area contributed by atoms with Gasteiger partial charge in [-0.1, -0.05) is 30.3 Å². The molecule has 0 aliphatic rings. The molecule has 0 fully saturated rings. The van der Waals surface area contributed by atoms with Gasteiger partial charge in [-0.2, -0.15) is 0 Å². The lowest BCUT2D eigenvalue weighted by Gasteiger charge is -2.25. The number of aliphatic imine (C=N–C) groups is 1. The number of aryl methyl sites for hydroxylation is 1. The van der Waals surface area contributed by atoms with Gasteiger partial charge < -0.3 is 15.2 Å². The highest BCUT2D eigenvalue weighted by atomic mass is 127. The molecular formula is C20H34IN7. The Hall–Kier alpha value is -1.68. The molecule has 0 saturated carbocycles. The van der Waals surface area contributed by atoms with E-state index in [2.05, 4.69) is 75.0 Å². The molecule has 1 aromatic heterocycles. The number of nitrogens with one attached hydrogen (secondary N) is 2. The first-order chi connectivity index (χ1) is 13.2. The second-order valence-corrected chi connectivity index (χ2v) is 6.87. The lowest BCUT2D eigenvalue weighted by molar-refractivity contribution is 0.238. The third-order valence-corrected chi connectivity index (χ3v) is 4.71. The molecule has 156 valence electrons. The lowest BCUT2D eigenvalue weighted by Crippen LogP contribution is -2.40. The van der Waals surface area contributed by atoms with Gasteiger partial charge in [-0.15, -0.1) is 34.2 Å². The third-order valence-electron chi connectivity index (χ3n) is 4.71. The molecule has 8 heteroatoms. The minimum absolute atomic E-state index is 0. The predicted molar refractivity (Wildman–Crippen MR) is 126 cm³/mol. The molecule has 0 aliphatic heterocycles. The van der Waals surface area contributed by atoms with Crippen LogP contribution in [0, 0.1) is 0 Å². The fourth-order valence-electron chi connectivity index (χ4n) is 2.83. The van der Waals surface area contributed by atoms with E-state index in [1.807, 2.05) is 11.6 Å². The quantitative estimate of drug-likeness (QED) is 0.215. The maximum Gasteiger partial charge on any atom is 0.190 e. The Kier molecular flexibility index (Phi) is 12.5. The van der Waals surface area contributed by atoms with Crippen LogP contribution in [0.2, 0.25) is 0 Å². The number of unbranched alkanes of at least 4 members (excludes halogenated alkanes) is 1. The fourth-order valence-corrected chi connectivity index (χ4v) is 2.83. The molecule has 0 spiro atoms. The summed E-state index contributed by atoms with van der Waals surface area (Å²) >= 11 is 0. The van der Waals surface area contributed by atoms with Gasteiger partial charge in [0.25, 0.3) is 0 Å². The van der Waals surface area contributed by atoms with Crippen LogP contribution >= 0.6 is 24.0 Å². The van der Waals surface area contributed by atoms with Gasteiger partial charge in [0.1, 0.15) is 12.7 Å². The average molecular weight is 499 g/mol. The van der Waals surface area contributed by atoms with Crippen LogP contribution in [0.15, 0.2) is 48.0 Å². The van der Waals surface area contributed by atoms with Crippen LogP contribution in [-0.4, -0.2) is 58.9 Å². The van der Waals surface area contributed by atoms with Crippen LogP contribution in [0.1, 0.15) is 31.7 Å². The van der Waals surface area contributed by atoms with Crippen molar-refractivity contribution in [3.05, 3.63) is 48.5 Å². The number of aromatic nitrogens is 3. The number of rotatable bonds is 11. The smallest absolute Gasteiger partial charge is 0.190 e. The van der Waals surface area contributed by atoms with Gasteiger partial charge in [0, 0.05) is 39.3 Å². The molecule has 2 N–H and O–H groups in total. The van der Waals surface area contributed by atoms with Crippen LogP contribution < -0.4 is 10.6 Å². The van der Waals surface area contributed by atoms with E-state index in [9.17, 15) is 0 Å². The van der Waals surface area contributed by atoms with Crippen molar-refractivity contribution in [2.45, 2.75) is 45.3 Å². The van der Waals surface area contributed by atoms with Crippen LogP contribution in [0.3, 0.4) is 0 Å². The van der Waals surface area contributed by atoms with Crippen molar-refractivity contribution in [1.29, 1.82) is 0 Å². The Balaban J connectivity index is 0.00000392. The summed E-state index contributed by atoms with van der Waals surface area (Å²) in [6.45, 7) is 6.01. The van der Waals surface area contributed by atoms with E-state index in [1.165, 1.54) is 5.56 Å². The zero-order valence-electron chi connectivity index (χ0n) is 17.2. The second kappa shape index (κ2) is 14.3. The average Bonchev–Trinajstić information content (AvgIpc) is 3.20. The molecule has 2 rings (SSSR count). The molecule has 0 bridgehead atoms.